The fourth-order valence-corrected chi connectivity index (χ4v) is 2.37. The van der Waals surface area contributed by atoms with Crippen LogP contribution in [-0.4, -0.2) is 35.2 Å². The predicted octanol–water partition coefficient (Wildman–Crippen LogP) is 2.21. The normalized spacial score (nSPS) is 18.8. The third-order valence-corrected chi connectivity index (χ3v) is 3.34. The Labute approximate surface area is 118 Å². The third-order valence-electron chi connectivity index (χ3n) is 3.34. The molecule has 1 atom stereocenters. The molecule has 0 radical (unpaired) electrons. The summed E-state index contributed by atoms with van der Waals surface area (Å²) < 4.78 is 0. The van der Waals surface area contributed by atoms with Gasteiger partial charge in [0.15, 0.2) is 11.8 Å². The number of para-hydroxylation sites is 1. The van der Waals surface area contributed by atoms with Gasteiger partial charge in [0.25, 0.3) is 5.91 Å². The molecule has 20 heavy (non-hydrogen) atoms. The van der Waals surface area contributed by atoms with Crippen LogP contribution in [-0.2, 0) is 9.59 Å². The Balaban J connectivity index is 2.39. The lowest BCUT2D eigenvalue weighted by Gasteiger charge is -2.19. The van der Waals surface area contributed by atoms with Gasteiger partial charge in [0, 0.05) is 13.0 Å². The van der Waals surface area contributed by atoms with E-state index in [1.807, 2.05) is 13.0 Å². The van der Waals surface area contributed by atoms with Gasteiger partial charge in [-0.3, -0.25) is 9.59 Å². The van der Waals surface area contributed by atoms with E-state index in [9.17, 15) is 14.4 Å². The summed E-state index contributed by atoms with van der Waals surface area (Å²) in [6, 6.07) is 7.34. The van der Waals surface area contributed by atoms with E-state index >= 15 is 0 Å². The number of nitrogens with zero attached hydrogens (tertiary/aromatic N) is 2. The molecular weight excluding hydrogens is 256 g/mol. The van der Waals surface area contributed by atoms with Gasteiger partial charge in [-0.05, 0) is 18.6 Å². The first kappa shape index (κ1) is 14.2. The molecule has 1 heterocycles. The number of imide groups is 1. The van der Waals surface area contributed by atoms with Crippen molar-refractivity contribution in [3.8, 4) is 0 Å². The van der Waals surface area contributed by atoms with Gasteiger partial charge in [-0.25, -0.2) is 9.69 Å². The second-order valence-electron chi connectivity index (χ2n) is 4.71. The van der Waals surface area contributed by atoms with Crippen molar-refractivity contribution >= 4 is 23.4 Å². The molecule has 1 unspecified atom stereocenters. The predicted molar refractivity (Wildman–Crippen MR) is 75.4 cm³/mol. The van der Waals surface area contributed by atoms with E-state index in [1.165, 1.54) is 4.90 Å². The fraction of sp³-hybridized carbons (Fsp3) is 0.400. The third kappa shape index (κ3) is 2.31. The molecule has 0 aromatic heterocycles. The molecule has 106 valence electrons. The van der Waals surface area contributed by atoms with E-state index in [-0.39, 0.29) is 12.2 Å². The van der Waals surface area contributed by atoms with Crippen LogP contribution in [0.1, 0.15) is 26.7 Å². The average Bonchev–Trinajstić information content (AvgIpc) is 2.71. The lowest BCUT2D eigenvalue weighted by molar-refractivity contribution is -0.130. The lowest BCUT2D eigenvalue weighted by Crippen LogP contribution is -2.41. The number of rotatable bonds is 5. The molecule has 0 spiro atoms. The van der Waals surface area contributed by atoms with Gasteiger partial charge >= 0.3 is 6.03 Å². The highest BCUT2D eigenvalue weighted by Gasteiger charge is 2.48. The maximum Gasteiger partial charge on any atom is 0.332 e. The van der Waals surface area contributed by atoms with Crippen LogP contribution >= 0.6 is 0 Å². The van der Waals surface area contributed by atoms with Crippen molar-refractivity contribution in [1.82, 2.24) is 4.90 Å². The van der Waals surface area contributed by atoms with Crippen LogP contribution in [0.4, 0.5) is 10.5 Å². The van der Waals surface area contributed by atoms with Crippen molar-refractivity contribution in [3.63, 3.8) is 0 Å². The second-order valence-corrected chi connectivity index (χ2v) is 4.71. The van der Waals surface area contributed by atoms with Crippen molar-refractivity contribution in [3.05, 3.63) is 30.3 Å². The minimum absolute atomic E-state index is 0.213. The van der Waals surface area contributed by atoms with Gasteiger partial charge in [0.1, 0.15) is 0 Å². The smallest absolute Gasteiger partial charge is 0.305 e. The quantitative estimate of drug-likeness (QED) is 0.611. The van der Waals surface area contributed by atoms with Gasteiger partial charge in [0.05, 0.1) is 5.69 Å². The molecule has 0 bridgehead atoms. The SMILES string of the molecule is CCCN1C(=O)N(c2ccccc2)C(=O)C1C(=O)CC. The number of hydrogen-bond acceptors (Lipinski definition) is 3. The van der Waals surface area contributed by atoms with E-state index in [0.29, 0.717) is 18.7 Å². The van der Waals surface area contributed by atoms with Crippen LogP contribution in [0.2, 0.25) is 0 Å². The average molecular weight is 274 g/mol. The summed E-state index contributed by atoms with van der Waals surface area (Å²) in [6.45, 7) is 4.02. The number of ketones is 1. The van der Waals surface area contributed by atoms with Crippen LogP contribution in [0.5, 0.6) is 0 Å². The first-order valence-electron chi connectivity index (χ1n) is 6.84. The Morgan fingerprint density at radius 1 is 1.15 bits per heavy atom. The molecule has 1 aliphatic heterocycles. The first-order chi connectivity index (χ1) is 9.61. The molecule has 2 rings (SSSR count). The zero-order chi connectivity index (χ0) is 14.7. The van der Waals surface area contributed by atoms with Gasteiger partial charge < -0.3 is 4.90 Å². The first-order valence-corrected chi connectivity index (χ1v) is 6.84. The Morgan fingerprint density at radius 2 is 1.80 bits per heavy atom. The molecule has 1 fully saturated rings. The highest BCUT2D eigenvalue weighted by atomic mass is 16.2. The van der Waals surface area contributed by atoms with Gasteiger partial charge in [-0.1, -0.05) is 32.0 Å². The summed E-state index contributed by atoms with van der Waals surface area (Å²) in [5.74, 6) is -0.656. The number of carbonyl (C=O) groups is 3. The van der Waals surface area contributed by atoms with E-state index in [0.717, 1.165) is 4.90 Å². The number of hydrogen-bond donors (Lipinski definition) is 0. The Bertz CT molecular complexity index is 527. The van der Waals surface area contributed by atoms with E-state index in [4.69, 9.17) is 0 Å². The summed E-state index contributed by atoms with van der Waals surface area (Å²) in [5.41, 5.74) is 0.509. The van der Waals surface area contributed by atoms with Crippen LogP contribution in [0, 0.1) is 0 Å². The molecule has 3 amide bonds. The van der Waals surface area contributed by atoms with Crippen LogP contribution in [0.15, 0.2) is 30.3 Å². The number of anilines is 1. The summed E-state index contributed by atoms with van der Waals surface area (Å²) >= 11 is 0. The minimum Gasteiger partial charge on any atom is -0.305 e. The molecule has 1 aromatic rings. The maximum absolute atomic E-state index is 12.4. The largest absolute Gasteiger partial charge is 0.332 e. The second kappa shape index (κ2) is 5.86. The summed E-state index contributed by atoms with van der Waals surface area (Å²) in [6.07, 6.45) is 0.946. The van der Waals surface area contributed by atoms with Crippen LogP contribution in [0.25, 0.3) is 0 Å². The highest BCUT2D eigenvalue weighted by Crippen LogP contribution is 2.26. The van der Waals surface area contributed by atoms with Crippen molar-refractivity contribution < 1.29 is 14.4 Å². The van der Waals surface area contributed by atoms with Crippen LogP contribution < -0.4 is 4.90 Å². The standard InChI is InChI=1S/C15H18N2O3/c1-3-10-16-13(12(18)4-2)14(19)17(15(16)20)11-8-6-5-7-9-11/h5-9,13H,3-4,10H2,1-2H3. The van der Waals surface area contributed by atoms with Crippen LogP contribution in [0.3, 0.4) is 0 Å². The molecule has 5 nitrogen and oxygen atoms in total. The van der Waals surface area contributed by atoms with E-state index < -0.39 is 18.0 Å². The van der Waals surface area contributed by atoms with Gasteiger partial charge in [0.2, 0.25) is 0 Å². The van der Waals surface area contributed by atoms with Crippen molar-refractivity contribution in [2.24, 2.45) is 0 Å². The molecule has 0 saturated carbocycles. The number of urea groups is 1. The zero-order valence-electron chi connectivity index (χ0n) is 11.7. The highest BCUT2D eigenvalue weighted by molar-refractivity contribution is 6.28. The van der Waals surface area contributed by atoms with Crippen molar-refractivity contribution in [1.29, 1.82) is 0 Å². The summed E-state index contributed by atoms with van der Waals surface area (Å²) in [4.78, 5) is 39.3. The molecule has 0 aliphatic carbocycles. The summed E-state index contributed by atoms with van der Waals surface area (Å²) in [7, 11) is 0. The number of benzene rings is 1. The maximum atomic E-state index is 12.4. The molecule has 1 saturated heterocycles. The Kier molecular flexibility index (Phi) is 4.17. The fourth-order valence-electron chi connectivity index (χ4n) is 2.37. The minimum atomic E-state index is -0.965. The number of carbonyl (C=O) groups excluding carboxylic acids is 3. The Morgan fingerprint density at radius 3 is 2.35 bits per heavy atom. The van der Waals surface area contributed by atoms with Gasteiger partial charge in [-0.15, -0.1) is 0 Å². The van der Waals surface area contributed by atoms with E-state index in [2.05, 4.69) is 0 Å². The lowest BCUT2D eigenvalue weighted by atomic mass is 10.1. The summed E-state index contributed by atoms with van der Waals surface area (Å²) in [5, 5.41) is 0. The molecule has 1 aromatic carbocycles. The topological polar surface area (TPSA) is 57.7 Å². The van der Waals surface area contributed by atoms with E-state index in [1.54, 1.807) is 31.2 Å². The van der Waals surface area contributed by atoms with Gasteiger partial charge in [-0.2, -0.15) is 0 Å². The Hall–Kier alpha value is -2.17. The van der Waals surface area contributed by atoms with Crippen molar-refractivity contribution in [2.45, 2.75) is 32.7 Å². The van der Waals surface area contributed by atoms with Crippen molar-refractivity contribution in [2.75, 3.05) is 11.4 Å². The zero-order valence-corrected chi connectivity index (χ0v) is 11.7. The number of Topliss-reactive ketones (excluding diaryl/α,β-unsaturated/α-hetero) is 1. The monoisotopic (exact) mass is 274 g/mol. The number of amides is 3. The molecule has 5 heteroatoms. The molecule has 0 N–H and O–H groups in total. The molecular formula is C15H18N2O3. The molecule has 1 aliphatic rings.